The lowest BCUT2D eigenvalue weighted by molar-refractivity contribution is 0.327. The van der Waals surface area contributed by atoms with Crippen LogP contribution >= 0.6 is 11.6 Å². The van der Waals surface area contributed by atoms with E-state index in [4.69, 9.17) is 11.6 Å². The summed E-state index contributed by atoms with van der Waals surface area (Å²) in [6.07, 6.45) is 0.968. The molecule has 1 saturated heterocycles. The molecule has 1 aromatic rings. The second-order valence-electron chi connectivity index (χ2n) is 4.63. The molecule has 1 fully saturated rings. The van der Waals surface area contributed by atoms with Crippen LogP contribution in [0.2, 0.25) is 5.02 Å². The maximum atomic E-state index is 12.2. The maximum absolute atomic E-state index is 12.2. The predicted molar refractivity (Wildman–Crippen MR) is 72.2 cm³/mol. The number of piperidine rings is 1. The standard InChI is InChI=1S/C12H17ClN2O2S/c1-9-6-7-14-8-11(9)15-18(16,17)12-5-3-2-4-10(12)13/h2-5,9,11,14-15H,6-8H2,1H3. The normalized spacial score (nSPS) is 25.0. The number of rotatable bonds is 3. The van der Waals surface area contributed by atoms with Gasteiger partial charge in [-0.1, -0.05) is 30.7 Å². The van der Waals surface area contributed by atoms with Crippen molar-refractivity contribution in [3.05, 3.63) is 29.3 Å². The summed E-state index contributed by atoms with van der Waals surface area (Å²) in [5, 5.41) is 3.45. The monoisotopic (exact) mass is 288 g/mol. The maximum Gasteiger partial charge on any atom is 0.242 e. The van der Waals surface area contributed by atoms with Crippen LogP contribution < -0.4 is 10.0 Å². The number of benzene rings is 1. The van der Waals surface area contributed by atoms with Crippen LogP contribution in [0.1, 0.15) is 13.3 Å². The van der Waals surface area contributed by atoms with Crippen molar-refractivity contribution in [3.8, 4) is 0 Å². The van der Waals surface area contributed by atoms with Crippen molar-refractivity contribution >= 4 is 21.6 Å². The van der Waals surface area contributed by atoms with Crippen LogP contribution in [0.5, 0.6) is 0 Å². The molecule has 0 aliphatic carbocycles. The van der Waals surface area contributed by atoms with Crippen molar-refractivity contribution < 1.29 is 8.42 Å². The van der Waals surface area contributed by atoms with Crippen LogP contribution in [-0.2, 0) is 10.0 Å². The summed E-state index contributed by atoms with van der Waals surface area (Å²) in [4.78, 5) is 0.143. The molecule has 1 aromatic carbocycles. The summed E-state index contributed by atoms with van der Waals surface area (Å²) in [5.74, 6) is 0.323. The summed E-state index contributed by atoms with van der Waals surface area (Å²) in [6.45, 7) is 3.65. The predicted octanol–water partition coefficient (Wildman–Crippen LogP) is 1.62. The van der Waals surface area contributed by atoms with Crippen LogP contribution in [0.3, 0.4) is 0 Å². The Labute approximate surface area is 113 Å². The van der Waals surface area contributed by atoms with E-state index >= 15 is 0 Å². The Bertz CT molecular complexity index is 519. The number of nitrogens with one attached hydrogen (secondary N) is 2. The molecule has 1 heterocycles. The first kappa shape index (κ1) is 13.8. The molecule has 0 aromatic heterocycles. The molecule has 1 aliphatic rings. The zero-order chi connectivity index (χ0) is 13.2. The molecule has 100 valence electrons. The zero-order valence-corrected chi connectivity index (χ0v) is 11.8. The van der Waals surface area contributed by atoms with E-state index in [2.05, 4.69) is 17.0 Å². The Balaban J connectivity index is 2.19. The highest BCUT2D eigenvalue weighted by molar-refractivity contribution is 7.89. The summed E-state index contributed by atoms with van der Waals surface area (Å²) in [7, 11) is -3.55. The van der Waals surface area contributed by atoms with Crippen LogP contribution in [0, 0.1) is 5.92 Å². The largest absolute Gasteiger partial charge is 0.315 e. The molecule has 0 bridgehead atoms. The van der Waals surface area contributed by atoms with Crippen LogP contribution in [0.25, 0.3) is 0 Å². The third-order valence-electron chi connectivity index (χ3n) is 3.26. The average molecular weight is 289 g/mol. The van der Waals surface area contributed by atoms with Gasteiger partial charge in [-0.3, -0.25) is 0 Å². The SMILES string of the molecule is CC1CCNCC1NS(=O)(=O)c1ccccc1Cl. The van der Waals surface area contributed by atoms with Crippen molar-refractivity contribution in [2.75, 3.05) is 13.1 Å². The number of hydrogen-bond acceptors (Lipinski definition) is 3. The Morgan fingerprint density at radius 2 is 2.11 bits per heavy atom. The third-order valence-corrected chi connectivity index (χ3v) is 5.25. The topological polar surface area (TPSA) is 58.2 Å². The molecular formula is C12H17ClN2O2S. The Morgan fingerprint density at radius 1 is 1.39 bits per heavy atom. The van der Waals surface area contributed by atoms with Gasteiger partial charge in [0.2, 0.25) is 10.0 Å². The van der Waals surface area contributed by atoms with Gasteiger partial charge in [-0.15, -0.1) is 0 Å². The molecule has 2 atom stereocenters. The van der Waals surface area contributed by atoms with Gasteiger partial charge in [-0.05, 0) is 31.0 Å². The second-order valence-corrected chi connectivity index (χ2v) is 6.72. The molecule has 2 rings (SSSR count). The minimum Gasteiger partial charge on any atom is -0.315 e. The molecule has 18 heavy (non-hydrogen) atoms. The van der Waals surface area contributed by atoms with E-state index in [1.54, 1.807) is 18.2 Å². The first-order chi connectivity index (χ1) is 8.50. The summed E-state index contributed by atoms with van der Waals surface area (Å²) < 4.78 is 27.2. The fourth-order valence-corrected chi connectivity index (χ4v) is 3.94. The zero-order valence-electron chi connectivity index (χ0n) is 10.2. The first-order valence-electron chi connectivity index (χ1n) is 5.98. The van der Waals surface area contributed by atoms with E-state index in [-0.39, 0.29) is 16.0 Å². The molecule has 0 radical (unpaired) electrons. The second kappa shape index (κ2) is 5.57. The van der Waals surface area contributed by atoms with Gasteiger partial charge in [0.05, 0.1) is 5.02 Å². The molecule has 4 nitrogen and oxygen atoms in total. The fraction of sp³-hybridized carbons (Fsp3) is 0.500. The molecule has 0 saturated carbocycles. The molecule has 2 N–H and O–H groups in total. The molecular weight excluding hydrogens is 272 g/mol. The van der Waals surface area contributed by atoms with Gasteiger partial charge in [-0.2, -0.15) is 0 Å². The van der Waals surface area contributed by atoms with Crippen molar-refractivity contribution in [1.29, 1.82) is 0 Å². The molecule has 2 unspecified atom stereocenters. The molecule has 0 spiro atoms. The van der Waals surface area contributed by atoms with Crippen molar-refractivity contribution in [2.24, 2.45) is 5.92 Å². The molecule has 1 aliphatic heterocycles. The van der Waals surface area contributed by atoms with E-state index in [9.17, 15) is 8.42 Å². The highest BCUT2D eigenvalue weighted by Crippen LogP contribution is 2.22. The van der Waals surface area contributed by atoms with Crippen LogP contribution in [-0.4, -0.2) is 27.5 Å². The quantitative estimate of drug-likeness (QED) is 0.888. The van der Waals surface area contributed by atoms with Gasteiger partial charge in [0.25, 0.3) is 0 Å². The lowest BCUT2D eigenvalue weighted by Gasteiger charge is -2.30. The van der Waals surface area contributed by atoms with Crippen molar-refractivity contribution in [1.82, 2.24) is 10.0 Å². The number of halogens is 1. The van der Waals surface area contributed by atoms with E-state index < -0.39 is 10.0 Å². The Kier molecular flexibility index (Phi) is 4.27. The molecule has 0 amide bonds. The van der Waals surface area contributed by atoms with E-state index in [0.29, 0.717) is 12.5 Å². The summed E-state index contributed by atoms with van der Waals surface area (Å²) in [5.41, 5.74) is 0. The smallest absolute Gasteiger partial charge is 0.242 e. The summed E-state index contributed by atoms with van der Waals surface area (Å²) in [6, 6.07) is 6.40. The lowest BCUT2D eigenvalue weighted by atomic mass is 9.96. The Hall–Kier alpha value is -0.620. The minimum atomic E-state index is -3.55. The van der Waals surface area contributed by atoms with Gasteiger partial charge in [0.15, 0.2) is 0 Å². The van der Waals surface area contributed by atoms with E-state index in [1.165, 1.54) is 6.07 Å². The highest BCUT2D eigenvalue weighted by Gasteiger charge is 2.27. The summed E-state index contributed by atoms with van der Waals surface area (Å²) >= 11 is 5.93. The average Bonchev–Trinajstić information content (AvgIpc) is 2.32. The van der Waals surface area contributed by atoms with Gasteiger partial charge in [0.1, 0.15) is 4.90 Å². The number of sulfonamides is 1. The van der Waals surface area contributed by atoms with E-state index in [0.717, 1.165) is 13.0 Å². The third kappa shape index (κ3) is 3.03. The van der Waals surface area contributed by atoms with Crippen molar-refractivity contribution in [2.45, 2.75) is 24.3 Å². The molecule has 6 heteroatoms. The fourth-order valence-electron chi connectivity index (χ4n) is 2.07. The van der Waals surface area contributed by atoms with Crippen LogP contribution in [0.4, 0.5) is 0 Å². The first-order valence-corrected chi connectivity index (χ1v) is 7.84. The van der Waals surface area contributed by atoms with Gasteiger partial charge in [-0.25, -0.2) is 13.1 Å². The van der Waals surface area contributed by atoms with E-state index in [1.807, 2.05) is 0 Å². The van der Waals surface area contributed by atoms with Gasteiger partial charge < -0.3 is 5.32 Å². The van der Waals surface area contributed by atoms with Crippen LogP contribution in [0.15, 0.2) is 29.2 Å². The lowest BCUT2D eigenvalue weighted by Crippen LogP contribution is -2.50. The van der Waals surface area contributed by atoms with Crippen molar-refractivity contribution in [3.63, 3.8) is 0 Å². The minimum absolute atomic E-state index is 0.0833. The number of hydrogen-bond donors (Lipinski definition) is 2. The van der Waals surface area contributed by atoms with Gasteiger partial charge >= 0.3 is 0 Å². The Morgan fingerprint density at radius 3 is 2.78 bits per heavy atom. The van der Waals surface area contributed by atoms with Gasteiger partial charge in [0, 0.05) is 12.6 Å². The highest BCUT2D eigenvalue weighted by atomic mass is 35.5.